The molecule has 0 bridgehead atoms. The first-order chi connectivity index (χ1) is 12.8. The predicted octanol–water partition coefficient (Wildman–Crippen LogP) is 5.66. The molecule has 0 spiro atoms. The van der Waals surface area contributed by atoms with Gasteiger partial charge in [-0.05, 0) is 36.8 Å². The molecule has 0 atom stereocenters. The van der Waals surface area contributed by atoms with E-state index in [1.807, 2.05) is 6.07 Å². The lowest BCUT2D eigenvalue weighted by Crippen LogP contribution is -2.13. The Morgan fingerprint density at radius 1 is 0.889 bits per heavy atom. The number of hydrogen-bond donors (Lipinski definition) is 1. The van der Waals surface area contributed by atoms with Gasteiger partial charge in [0.05, 0.1) is 20.6 Å². The number of nitrogens with one attached hydrogen (secondary N) is 1. The van der Waals surface area contributed by atoms with Crippen LogP contribution in [0.1, 0.15) is 17.3 Å². The Morgan fingerprint density at radius 2 is 1.56 bits per heavy atom. The van der Waals surface area contributed by atoms with E-state index >= 15 is 0 Å². The molecule has 0 saturated carbocycles. The van der Waals surface area contributed by atoms with Crippen molar-refractivity contribution in [3.8, 4) is 11.1 Å². The molecule has 0 aliphatic heterocycles. The minimum absolute atomic E-state index is 0.0126. The van der Waals surface area contributed by atoms with Crippen LogP contribution < -0.4 is 4.72 Å². The lowest BCUT2D eigenvalue weighted by molar-refractivity contribution is 0.101. The van der Waals surface area contributed by atoms with Gasteiger partial charge in [0.15, 0.2) is 5.78 Å². The van der Waals surface area contributed by atoms with Gasteiger partial charge in [-0.2, -0.15) is 0 Å². The molecule has 3 aromatic carbocycles. The average molecular weight is 420 g/mol. The Labute approximate surface area is 167 Å². The molecule has 0 heterocycles. The van der Waals surface area contributed by atoms with E-state index in [2.05, 4.69) is 4.72 Å². The minimum Gasteiger partial charge on any atom is -0.295 e. The fraction of sp³-hybridized carbons (Fsp3) is 0.0500. The van der Waals surface area contributed by atoms with E-state index in [1.54, 1.807) is 42.5 Å². The molecule has 27 heavy (non-hydrogen) atoms. The molecule has 0 amide bonds. The molecule has 0 unspecified atom stereocenters. The number of sulfonamides is 1. The molecule has 1 N–H and O–H groups in total. The van der Waals surface area contributed by atoms with Crippen molar-refractivity contribution in [2.24, 2.45) is 0 Å². The molecule has 0 aliphatic carbocycles. The third-order valence-corrected chi connectivity index (χ3v) is 6.08. The Bertz CT molecular complexity index is 1110. The van der Waals surface area contributed by atoms with Crippen molar-refractivity contribution < 1.29 is 13.2 Å². The zero-order valence-corrected chi connectivity index (χ0v) is 16.6. The summed E-state index contributed by atoms with van der Waals surface area (Å²) in [7, 11) is -3.85. The Kier molecular flexibility index (Phi) is 5.56. The highest BCUT2D eigenvalue weighted by Crippen LogP contribution is 2.31. The monoisotopic (exact) mass is 419 g/mol. The summed E-state index contributed by atoms with van der Waals surface area (Å²) in [6, 6.07) is 18.1. The highest BCUT2D eigenvalue weighted by molar-refractivity contribution is 7.92. The Morgan fingerprint density at radius 3 is 2.19 bits per heavy atom. The predicted molar refractivity (Wildman–Crippen MR) is 109 cm³/mol. The lowest BCUT2D eigenvalue weighted by Gasteiger charge is -2.13. The first-order valence-corrected chi connectivity index (χ1v) is 10.2. The number of para-hydroxylation sites is 1. The summed E-state index contributed by atoms with van der Waals surface area (Å²) in [6.07, 6.45) is 0. The largest absolute Gasteiger partial charge is 0.295 e. The fourth-order valence-electron chi connectivity index (χ4n) is 2.56. The van der Waals surface area contributed by atoms with E-state index < -0.39 is 10.0 Å². The quantitative estimate of drug-likeness (QED) is 0.542. The number of rotatable bonds is 5. The summed E-state index contributed by atoms with van der Waals surface area (Å²) in [5.41, 5.74) is 2.48. The SMILES string of the molecule is CC(=O)c1ccc(-c2ccccc2NS(=O)(=O)c2ccc(Cl)c(Cl)c2)cc1. The second-order valence-electron chi connectivity index (χ2n) is 5.86. The van der Waals surface area contributed by atoms with Crippen LogP contribution in [-0.2, 0) is 10.0 Å². The molecular weight excluding hydrogens is 405 g/mol. The summed E-state index contributed by atoms with van der Waals surface area (Å²) < 4.78 is 28.1. The van der Waals surface area contributed by atoms with Gasteiger partial charge in [0, 0.05) is 11.1 Å². The molecule has 0 aromatic heterocycles. The third-order valence-electron chi connectivity index (χ3n) is 3.98. The number of Topliss-reactive ketones (excluding diaryl/α,β-unsaturated/α-hetero) is 1. The van der Waals surface area contributed by atoms with Gasteiger partial charge in [0.2, 0.25) is 0 Å². The van der Waals surface area contributed by atoms with Crippen molar-refractivity contribution in [2.45, 2.75) is 11.8 Å². The maximum Gasteiger partial charge on any atom is 0.261 e. The molecule has 0 saturated heterocycles. The summed E-state index contributed by atoms with van der Waals surface area (Å²) in [6.45, 7) is 1.49. The number of benzene rings is 3. The minimum atomic E-state index is -3.85. The first-order valence-electron chi connectivity index (χ1n) is 7.96. The second-order valence-corrected chi connectivity index (χ2v) is 8.36. The molecule has 0 aliphatic rings. The Hall–Kier alpha value is -2.34. The molecule has 0 radical (unpaired) electrons. The maximum absolute atomic E-state index is 12.7. The number of carbonyl (C=O) groups excluding carboxylic acids is 1. The van der Waals surface area contributed by atoms with Crippen molar-refractivity contribution in [1.82, 2.24) is 0 Å². The van der Waals surface area contributed by atoms with Gasteiger partial charge in [-0.25, -0.2) is 8.42 Å². The topological polar surface area (TPSA) is 63.2 Å². The van der Waals surface area contributed by atoms with Crippen LogP contribution in [0.15, 0.2) is 71.6 Å². The summed E-state index contributed by atoms with van der Waals surface area (Å²) in [5, 5.41) is 0.439. The van der Waals surface area contributed by atoms with Crippen LogP contribution in [0, 0.1) is 0 Å². The van der Waals surface area contributed by atoms with Gasteiger partial charge in [0.25, 0.3) is 10.0 Å². The van der Waals surface area contributed by atoms with Crippen LogP contribution in [0.25, 0.3) is 11.1 Å². The van der Waals surface area contributed by atoms with Crippen LogP contribution in [0.2, 0.25) is 10.0 Å². The van der Waals surface area contributed by atoms with Crippen LogP contribution >= 0.6 is 23.2 Å². The molecule has 0 fully saturated rings. The van der Waals surface area contributed by atoms with E-state index in [0.717, 1.165) is 5.56 Å². The molecule has 4 nitrogen and oxygen atoms in total. The maximum atomic E-state index is 12.7. The number of ketones is 1. The molecule has 3 aromatic rings. The standard InChI is InChI=1S/C20H15Cl2NO3S/c1-13(24)14-6-8-15(9-7-14)17-4-2-3-5-20(17)23-27(25,26)16-10-11-18(21)19(22)12-16/h2-12,23H,1H3. The summed E-state index contributed by atoms with van der Waals surface area (Å²) >= 11 is 11.8. The van der Waals surface area contributed by atoms with Gasteiger partial charge in [-0.1, -0.05) is 65.7 Å². The van der Waals surface area contributed by atoms with E-state index in [0.29, 0.717) is 16.8 Å². The van der Waals surface area contributed by atoms with Crippen molar-refractivity contribution in [2.75, 3.05) is 4.72 Å². The van der Waals surface area contributed by atoms with Gasteiger partial charge in [-0.3, -0.25) is 9.52 Å². The number of anilines is 1. The molecule has 7 heteroatoms. The van der Waals surface area contributed by atoms with Crippen molar-refractivity contribution in [1.29, 1.82) is 0 Å². The van der Waals surface area contributed by atoms with Gasteiger partial charge in [0.1, 0.15) is 0 Å². The van der Waals surface area contributed by atoms with Crippen LogP contribution in [0.3, 0.4) is 0 Å². The second kappa shape index (κ2) is 7.72. The highest BCUT2D eigenvalue weighted by atomic mass is 35.5. The fourth-order valence-corrected chi connectivity index (χ4v) is 4.02. The smallest absolute Gasteiger partial charge is 0.261 e. The van der Waals surface area contributed by atoms with E-state index in [4.69, 9.17) is 23.2 Å². The van der Waals surface area contributed by atoms with Crippen LogP contribution in [-0.4, -0.2) is 14.2 Å². The zero-order valence-electron chi connectivity index (χ0n) is 14.2. The lowest BCUT2D eigenvalue weighted by atomic mass is 10.0. The van der Waals surface area contributed by atoms with E-state index in [1.165, 1.54) is 25.1 Å². The molecular formula is C20H15Cl2NO3S. The van der Waals surface area contributed by atoms with E-state index in [-0.39, 0.29) is 20.7 Å². The summed E-state index contributed by atoms with van der Waals surface area (Å²) in [5.74, 6) is -0.0323. The number of carbonyl (C=O) groups is 1. The van der Waals surface area contributed by atoms with Crippen molar-refractivity contribution in [3.63, 3.8) is 0 Å². The van der Waals surface area contributed by atoms with Crippen LogP contribution in [0.5, 0.6) is 0 Å². The average Bonchev–Trinajstić information content (AvgIpc) is 2.64. The zero-order chi connectivity index (χ0) is 19.6. The molecule has 138 valence electrons. The first kappa shape index (κ1) is 19.4. The normalized spacial score (nSPS) is 11.2. The third kappa shape index (κ3) is 4.33. The highest BCUT2D eigenvalue weighted by Gasteiger charge is 2.18. The Balaban J connectivity index is 1.98. The van der Waals surface area contributed by atoms with Crippen molar-refractivity contribution in [3.05, 3.63) is 82.3 Å². The van der Waals surface area contributed by atoms with E-state index in [9.17, 15) is 13.2 Å². The van der Waals surface area contributed by atoms with Crippen molar-refractivity contribution >= 4 is 44.7 Å². The van der Waals surface area contributed by atoms with Gasteiger partial charge >= 0.3 is 0 Å². The molecule has 3 rings (SSSR count). The number of hydrogen-bond acceptors (Lipinski definition) is 3. The van der Waals surface area contributed by atoms with Crippen LogP contribution in [0.4, 0.5) is 5.69 Å². The van der Waals surface area contributed by atoms with Gasteiger partial charge < -0.3 is 0 Å². The van der Waals surface area contributed by atoms with Gasteiger partial charge in [-0.15, -0.1) is 0 Å². The summed E-state index contributed by atoms with van der Waals surface area (Å²) in [4.78, 5) is 11.5. The number of halogens is 2.